The zero-order valence-corrected chi connectivity index (χ0v) is 8.92. The van der Waals surface area contributed by atoms with E-state index in [-0.39, 0.29) is 0 Å². The molecule has 15 heavy (non-hydrogen) atoms. The van der Waals surface area contributed by atoms with E-state index in [9.17, 15) is 4.79 Å². The van der Waals surface area contributed by atoms with Crippen molar-refractivity contribution in [2.24, 2.45) is 5.73 Å². The predicted octanol–water partition coefficient (Wildman–Crippen LogP) is 1.58. The molecule has 4 heteroatoms. The van der Waals surface area contributed by atoms with E-state index in [1.807, 2.05) is 0 Å². The molecule has 0 saturated carbocycles. The Morgan fingerprint density at radius 1 is 1.47 bits per heavy atom. The normalized spacial score (nSPS) is 9.93. The van der Waals surface area contributed by atoms with Gasteiger partial charge in [-0.25, -0.2) is 0 Å². The van der Waals surface area contributed by atoms with Gasteiger partial charge in [-0.3, -0.25) is 4.79 Å². The van der Waals surface area contributed by atoms with Crippen molar-refractivity contribution in [1.82, 2.24) is 0 Å². The Morgan fingerprint density at radius 3 is 2.73 bits per heavy atom. The fourth-order valence-electron chi connectivity index (χ4n) is 1.28. The number of nitrogens with one attached hydrogen (secondary N) is 1. The maximum absolute atomic E-state index is 10.9. The number of amides is 1. The topological polar surface area (TPSA) is 81.1 Å². The lowest BCUT2D eigenvalue weighted by molar-refractivity contribution is 0.100. The fraction of sp³-hybridized carbons (Fsp3) is 0.364. The molecule has 0 atom stereocenters. The van der Waals surface area contributed by atoms with Gasteiger partial charge >= 0.3 is 0 Å². The minimum absolute atomic E-state index is 0.438. The van der Waals surface area contributed by atoms with Gasteiger partial charge in [0.25, 0.3) is 0 Å². The molecule has 0 fully saturated rings. The average Bonchev–Trinajstić information content (AvgIpc) is 2.20. The van der Waals surface area contributed by atoms with Crippen LogP contribution in [0.4, 0.5) is 11.4 Å². The van der Waals surface area contributed by atoms with Gasteiger partial charge in [0.15, 0.2) is 0 Å². The molecule has 0 aliphatic rings. The summed E-state index contributed by atoms with van der Waals surface area (Å²) in [5.74, 6) is -0.457. The molecule has 0 aliphatic heterocycles. The first-order valence-electron chi connectivity index (χ1n) is 5.08. The third-order valence-corrected chi connectivity index (χ3v) is 2.18. The summed E-state index contributed by atoms with van der Waals surface area (Å²) >= 11 is 0. The Balaban J connectivity index is 2.70. The minimum atomic E-state index is -0.457. The zero-order chi connectivity index (χ0) is 11.3. The summed E-state index contributed by atoms with van der Waals surface area (Å²) in [4.78, 5) is 10.9. The number of benzene rings is 1. The summed E-state index contributed by atoms with van der Waals surface area (Å²) < 4.78 is 0. The fourth-order valence-corrected chi connectivity index (χ4v) is 1.28. The van der Waals surface area contributed by atoms with Gasteiger partial charge in [0.1, 0.15) is 0 Å². The van der Waals surface area contributed by atoms with Crippen molar-refractivity contribution < 1.29 is 4.79 Å². The van der Waals surface area contributed by atoms with Gasteiger partial charge < -0.3 is 16.8 Å². The van der Waals surface area contributed by atoms with Crippen LogP contribution in [0.15, 0.2) is 18.2 Å². The Hall–Kier alpha value is -1.71. The SMILES string of the molecule is CCCCNc1ccc(C(N)=O)cc1N. The van der Waals surface area contributed by atoms with Gasteiger partial charge in [0, 0.05) is 12.1 Å². The molecule has 0 aliphatic carbocycles. The van der Waals surface area contributed by atoms with Crippen molar-refractivity contribution in [3.8, 4) is 0 Å². The van der Waals surface area contributed by atoms with Crippen LogP contribution in [-0.4, -0.2) is 12.5 Å². The molecular formula is C11H17N3O. The van der Waals surface area contributed by atoms with Crippen LogP contribution in [0.25, 0.3) is 0 Å². The molecule has 1 aromatic carbocycles. The van der Waals surface area contributed by atoms with Gasteiger partial charge in [-0.2, -0.15) is 0 Å². The van der Waals surface area contributed by atoms with Crippen molar-refractivity contribution in [3.63, 3.8) is 0 Å². The first kappa shape index (κ1) is 11.4. The lowest BCUT2D eigenvalue weighted by atomic mass is 10.1. The standard InChI is InChI=1S/C11H17N3O/c1-2-3-6-14-10-5-4-8(11(13)15)7-9(10)12/h4-5,7,14H,2-3,6,12H2,1H3,(H2,13,15). The number of hydrogen-bond acceptors (Lipinski definition) is 3. The van der Waals surface area contributed by atoms with Gasteiger partial charge in [-0.1, -0.05) is 13.3 Å². The van der Waals surface area contributed by atoms with Crippen LogP contribution in [0.5, 0.6) is 0 Å². The zero-order valence-electron chi connectivity index (χ0n) is 8.92. The molecule has 0 heterocycles. The number of anilines is 2. The third-order valence-electron chi connectivity index (χ3n) is 2.18. The molecule has 1 rings (SSSR count). The van der Waals surface area contributed by atoms with Crippen molar-refractivity contribution in [1.29, 1.82) is 0 Å². The number of carbonyl (C=O) groups excluding carboxylic acids is 1. The maximum Gasteiger partial charge on any atom is 0.248 e. The maximum atomic E-state index is 10.9. The second kappa shape index (κ2) is 5.24. The van der Waals surface area contributed by atoms with E-state index in [1.54, 1.807) is 18.2 Å². The minimum Gasteiger partial charge on any atom is -0.397 e. The van der Waals surface area contributed by atoms with Crippen molar-refractivity contribution in [2.75, 3.05) is 17.6 Å². The molecule has 1 amide bonds. The van der Waals surface area contributed by atoms with Crippen molar-refractivity contribution in [2.45, 2.75) is 19.8 Å². The molecule has 82 valence electrons. The largest absolute Gasteiger partial charge is 0.397 e. The number of nitrogen functional groups attached to an aromatic ring is 1. The summed E-state index contributed by atoms with van der Waals surface area (Å²) in [5.41, 5.74) is 12.8. The number of carbonyl (C=O) groups is 1. The van der Waals surface area contributed by atoms with E-state index >= 15 is 0 Å². The molecule has 0 unspecified atom stereocenters. The monoisotopic (exact) mass is 207 g/mol. The Bertz CT molecular complexity index is 350. The molecule has 0 spiro atoms. The van der Waals surface area contributed by atoms with Gasteiger partial charge in [0.05, 0.1) is 11.4 Å². The van der Waals surface area contributed by atoms with E-state index in [0.29, 0.717) is 11.3 Å². The summed E-state index contributed by atoms with van der Waals surface area (Å²) in [6.07, 6.45) is 2.23. The molecule has 0 radical (unpaired) electrons. The lowest BCUT2D eigenvalue weighted by Crippen LogP contribution is -2.12. The number of unbranched alkanes of at least 4 members (excludes halogenated alkanes) is 1. The number of rotatable bonds is 5. The van der Waals surface area contributed by atoms with Crippen molar-refractivity contribution in [3.05, 3.63) is 23.8 Å². The summed E-state index contributed by atoms with van der Waals surface area (Å²) in [6.45, 7) is 3.01. The van der Waals surface area contributed by atoms with E-state index in [0.717, 1.165) is 25.1 Å². The van der Waals surface area contributed by atoms with E-state index in [1.165, 1.54) is 0 Å². The first-order chi connectivity index (χ1) is 7.15. The highest BCUT2D eigenvalue weighted by Gasteiger charge is 2.03. The Labute approximate surface area is 89.6 Å². The Kier molecular flexibility index (Phi) is 3.97. The van der Waals surface area contributed by atoms with E-state index in [4.69, 9.17) is 11.5 Å². The van der Waals surface area contributed by atoms with Crippen molar-refractivity contribution >= 4 is 17.3 Å². The van der Waals surface area contributed by atoms with Crippen LogP contribution in [-0.2, 0) is 0 Å². The van der Waals surface area contributed by atoms with Crippen LogP contribution in [0.3, 0.4) is 0 Å². The smallest absolute Gasteiger partial charge is 0.248 e. The molecule has 1 aromatic rings. The highest BCUT2D eigenvalue weighted by molar-refractivity contribution is 5.94. The van der Waals surface area contributed by atoms with Crippen LogP contribution in [0, 0.1) is 0 Å². The van der Waals surface area contributed by atoms with Gasteiger partial charge in [0.2, 0.25) is 5.91 Å². The summed E-state index contributed by atoms with van der Waals surface area (Å²) in [5, 5.41) is 3.20. The lowest BCUT2D eigenvalue weighted by Gasteiger charge is -2.09. The number of nitrogens with two attached hydrogens (primary N) is 2. The highest BCUT2D eigenvalue weighted by atomic mass is 16.1. The quantitative estimate of drug-likeness (QED) is 0.506. The average molecular weight is 207 g/mol. The summed E-state index contributed by atoms with van der Waals surface area (Å²) in [7, 11) is 0. The first-order valence-corrected chi connectivity index (χ1v) is 5.08. The summed E-state index contributed by atoms with van der Waals surface area (Å²) in [6, 6.07) is 5.05. The second-order valence-corrected chi connectivity index (χ2v) is 3.45. The van der Waals surface area contributed by atoms with Crippen LogP contribution in [0.1, 0.15) is 30.1 Å². The van der Waals surface area contributed by atoms with E-state index < -0.39 is 5.91 Å². The highest BCUT2D eigenvalue weighted by Crippen LogP contribution is 2.19. The molecule has 0 bridgehead atoms. The molecule has 4 nitrogen and oxygen atoms in total. The third kappa shape index (κ3) is 3.16. The van der Waals surface area contributed by atoms with Gasteiger partial charge in [-0.05, 0) is 24.6 Å². The number of primary amides is 1. The molecule has 0 aromatic heterocycles. The molecule has 0 saturated heterocycles. The van der Waals surface area contributed by atoms with Crippen LogP contribution < -0.4 is 16.8 Å². The predicted molar refractivity (Wildman–Crippen MR) is 62.8 cm³/mol. The Morgan fingerprint density at radius 2 is 2.20 bits per heavy atom. The second-order valence-electron chi connectivity index (χ2n) is 3.45. The molecular weight excluding hydrogens is 190 g/mol. The van der Waals surface area contributed by atoms with Crippen LogP contribution >= 0.6 is 0 Å². The van der Waals surface area contributed by atoms with Crippen LogP contribution in [0.2, 0.25) is 0 Å². The number of hydrogen-bond donors (Lipinski definition) is 3. The van der Waals surface area contributed by atoms with Gasteiger partial charge in [-0.15, -0.1) is 0 Å². The molecule has 5 N–H and O–H groups in total. The van der Waals surface area contributed by atoms with E-state index in [2.05, 4.69) is 12.2 Å².